The molecule has 0 saturated carbocycles. The van der Waals surface area contributed by atoms with E-state index in [-0.39, 0.29) is 5.41 Å². The lowest BCUT2D eigenvalue weighted by Crippen LogP contribution is -2.14. The number of thiophene rings is 1. The van der Waals surface area contributed by atoms with Crippen LogP contribution in [0.2, 0.25) is 0 Å². The summed E-state index contributed by atoms with van der Waals surface area (Å²) in [7, 11) is 0. The first kappa shape index (κ1) is 25.8. The molecule has 0 unspecified atom stereocenters. The first-order valence-electron chi connectivity index (χ1n) is 15.0. The molecule has 45 heavy (non-hydrogen) atoms. The molecule has 0 bridgehead atoms. The first-order valence-corrected chi connectivity index (χ1v) is 15.9. The maximum atomic E-state index is 9.67. The molecule has 2 heterocycles. The molecule has 0 spiro atoms. The summed E-state index contributed by atoms with van der Waals surface area (Å²) < 4.78 is 4.74. The van der Waals surface area contributed by atoms with Gasteiger partial charge in [-0.15, -0.1) is 11.3 Å². The Morgan fingerprint density at radius 3 is 2.33 bits per heavy atom. The zero-order valence-electron chi connectivity index (χ0n) is 24.7. The van der Waals surface area contributed by atoms with Gasteiger partial charge in [-0.3, -0.25) is 0 Å². The Bertz CT molecular complexity index is 2650. The van der Waals surface area contributed by atoms with E-state index in [1.165, 1.54) is 42.4 Å². The van der Waals surface area contributed by atoms with E-state index in [1.807, 2.05) is 53.8 Å². The number of para-hydroxylation sites is 1. The largest absolute Gasteiger partial charge is 0.310 e. The zero-order chi connectivity index (χ0) is 30.4. The molecule has 4 heteroatoms. The second-order valence-corrected chi connectivity index (χ2v) is 13.4. The van der Waals surface area contributed by atoms with E-state index in [0.29, 0.717) is 11.3 Å². The van der Waals surface area contributed by atoms with Crippen molar-refractivity contribution in [2.24, 2.45) is 0 Å². The molecule has 0 fully saturated rings. The topological polar surface area (TPSA) is 33.1 Å². The van der Waals surface area contributed by atoms with Gasteiger partial charge in [-0.2, -0.15) is 5.26 Å². The Morgan fingerprint density at radius 2 is 1.47 bits per heavy atom. The molecule has 0 aliphatic heterocycles. The second-order valence-electron chi connectivity index (χ2n) is 12.3. The highest BCUT2D eigenvalue weighted by molar-refractivity contribution is 7.26. The highest BCUT2D eigenvalue weighted by atomic mass is 32.1. The van der Waals surface area contributed by atoms with Gasteiger partial charge in [-0.05, 0) is 76.3 Å². The summed E-state index contributed by atoms with van der Waals surface area (Å²) in [4.78, 5) is 4.08. The van der Waals surface area contributed by atoms with E-state index >= 15 is 0 Å². The van der Waals surface area contributed by atoms with E-state index in [9.17, 15) is 5.26 Å². The Morgan fingerprint density at radius 1 is 0.689 bits per heavy atom. The van der Waals surface area contributed by atoms with Crippen molar-refractivity contribution in [3.05, 3.63) is 143 Å². The molecule has 0 saturated heterocycles. The van der Waals surface area contributed by atoms with Gasteiger partial charge in [0.1, 0.15) is 0 Å². The fourth-order valence-corrected chi connectivity index (χ4v) is 8.77. The van der Waals surface area contributed by atoms with Crippen LogP contribution in [-0.2, 0) is 5.41 Å². The standard InChI is InChI=1S/C41H25N3S/c1-41(2)31-13-6-4-10-25(31)28-21-30-38(22-32(28)41)45-37-17-8-12-27(39(30)37)40-33(43-3)14-9-16-36(40)44-34-15-7-5-11-26(34)29-20-24(23-42)18-19-35(29)44/h4-22H,1-2H3. The summed E-state index contributed by atoms with van der Waals surface area (Å²) in [5, 5.41) is 14.2. The summed E-state index contributed by atoms with van der Waals surface area (Å²) in [5.74, 6) is 0. The van der Waals surface area contributed by atoms with Crippen LogP contribution in [0.5, 0.6) is 0 Å². The van der Waals surface area contributed by atoms with Crippen LogP contribution in [0, 0.1) is 17.9 Å². The van der Waals surface area contributed by atoms with Gasteiger partial charge in [0.15, 0.2) is 5.69 Å². The van der Waals surface area contributed by atoms with Crippen molar-refractivity contribution in [2.45, 2.75) is 19.3 Å². The van der Waals surface area contributed by atoms with Crippen molar-refractivity contribution in [3.8, 4) is 34.0 Å². The molecule has 0 atom stereocenters. The predicted molar refractivity (Wildman–Crippen MR) is 188 cm³/mol. The fourth-order valence-electron chi connectivity index (χ4n) is 7.61. The number of fused-ring (bicyclic) bond motifs is 9. The van der Waals surface area contributed by atoms with Gasteiger partial charge in [0.05, 0.1) is 29.2 Å². The van der Waals surface area contributed by atoms with Crippen LogP contribution < -0.4 is 0 Å². The first-order chi connectivity index (χ1) is 22.0. The van der Waals surface area contributed by atoms with Crippen LogP contribution in [0.3, 0.4) is 0 Å². The van der Waals surface area contributed by atoms with Crippen LogP contribution in [0.1, 0.15) is 30.5 Å². The van der Waals surface area contributed by atoms with E-state index in [1.54, 1.807) is 0 Å². The smallest absolute Gasteiger partial charge is 0.197 e. The molecule has 2 aromatic heterocycles. The predicted octanol–water partition coefficient (Wildman–Crippen LogP) is 11.5. The van der Waals surface area contributed by atoms with E-state index in [0.717, 1.165) is 38.6 Å². The van der Waals surface area contributed by atoms with Crippen LogP contribution >= 0.6 is 11.3 Å². The SMILES string of the molecule is [C-]#[N+]c1cccc(-n2c3ccccc3c3cc(C#N)ccc32)c1-c1cccc2sc3cc4c(cc3c12)-c1ccccc1C4(C)C. The van der Waals surface area contributed by atoms with Crippen LogP contribution in [0.25, 0.3) is 74.8 Å². The Labute approximate surface area is 264 Å². The van der Waals surface area contributed by atoms with Gasteiger partial charge in [-0.1, -0.05) is 80.6 Å². The summed E-state index contributed by atoms with van der Waals surface area (Å²) in [6.07, 6.45) is 0. The summed E-state index contributed by atoms with van der Waals surface area (Å²) >= 11 is 1.83. The van der Waals surface area contributed by atoms with Gasteiger partial charge in [-0.25, -0.2) is 4.85 Å². The minimum absolute atomic E-state index is 0.0645. The van der Waals surface area contributed by atoms with Crippen molar-refractivity contribution >= 4 is 59.0 Å². The number of hydrogen-bond donors (Lipinski definition) is 0. The third-order valence-electron chi connectivity index (χ3n) is 9.65. The molecule has 9 rings (SSSR count). The van der Waals surface area contributed by atoms with E-state index in [4.69, 9.17) is 6.57 Å². The minimum atomic E-state index is -0.0645. The van der Waals surface area contributed by atoms with Gasteiger partial charge in [0, 0.05) is 47.6 Å². The molecule has 8 aromatic rings. The Kier molecular flexibility index (Phi) is 5.25. The Hall–Kier alpha value is -5.68. The molecule has 1 aliphatic carbocycles. The van der Waals surface area contributed by atoms with Crippen molar-refractivity contribution in [2.75, 3.05) is 0 Å². The van der Waals surface area contributed by atoms with Gasteiger partial charge >= 0.3 is 0 Å². The maximum absolute atomic E-state index is 9.67. The van der Waals surface area contributed by atoms with Gasteiger partial charge in [0.25, 0.3) is 0 Å². The quantitative estimate of drug-likeness (QED) is 0.184. The highest BCUT2D eigenvalue weighted by Crippen LogP contribution is 2.53. The molecule has 0 radical (unpaired) electrons. The number of benzene rings is 6. The number of nitrogens with zero attached hydrogens (tertiary/aromatic N) is 3. The molecule has 0 N–H and O–H groups in total. The number of nitriles is 1. The van der Waals surface area contributed by atoms with Gasteiger partial charge < -0.3 is 4.57 Å². The number of aromatic nitrogens is 1. The van der Waals surface area contributed by atoms with E-state index < -0.39 is 0 Å². The number of rotatable bonds is 2. The van der Waals surface area contributed by atoms with E-state index in [2.05, 4.69) is 102 Å². The van der Waals surface area contributed by atoms with Crippen molar-refractivity contribution in [3.63, 3.8) is 0 Å². The Balaban J connectivity index is 1.39. The lowest BCUT2D eigenvalue weighted by Gasteiger charge is -2.21. The lowest BCUT2D eigenvalue weighted by atomic mass is 9.82. The normalized spacial score (nSPS) is 13.2. The molecule has 0 amide bonds. The van der Waals surface area contributed by atoms with Crippen LogP contribution in [0.4, 0.5) is 5.69 Å². The van der Waals surface area contributed by atoms with Gasteiger partial charge in [0.2, 0.25) is 0 Å². The third-order valence-corrected chi connectivity index (χ3v) is 10.8. The molecule has 3 nitrogen and oxygen atoms in total. The molecule has 6 aromatic carbocycles. The number of hydrogen-bond acceptors (Lipinski definition) is 2. The second kappa shape index (κ2) is 9.16. The lowest BCUT2D eigenvalue weighted by molar-refractivity contribution is 0.661. The zero-order valence-corrected chi connectivity index (χ0v) is 25.5. The van der Waals surface area contributed by atoms with Crippen molar-refractivity contribution in [1.82, 2.24) is 4.57 Å². The summed E-state index contributed by atoms with van der Waals surface area (Å²) in [5.41, 5.74) is 11.5. The maximum Gasteiger partial charge on any atom is 0.197 e. The summed E-state index contributed by atoms with van der Waals surface area (Å²) in [6, 6.07) is 42.6. The fraction of sp³-hybridized carbons (Fsp3) is 0.0732. The third kappa shape index (κ3) is 3.43. The average Bonchev–Trinajstić information content (AvgIpc) is 3.68. The van der Waals surface area contributed by atoms with Crippen LogP contribution in [0.15, 0.2) is 115 Å². The monoisotopic (exact) mass is 591 g/mol. The molecule has 1 aliphatic rings. The average molecular weight is 592 g/mol. The molecule has 210 valence electrons. The van der Waals surface area contributed by atoms with Crippen molar-refractivity contribution in [1.29, 1.82) is 5.26 Å². The summed E-state index contributed by atoms with van der Waals surface area (Å²) in [6.45, 7) is 12.9. The highest BCUT2D eigenvalue weighted by Gasteiger charge is 2.36. The minimum Gasteiger partial charge on any atom is -0.310 e. The van der Waals surface area contributed by atoms with Crippen LogP contribution in [-0.4, -0.2) is 4.57 Å². The molecular weight excluding hydrogens is 567 g/mol. The van der Waals surface area contributed by atoms with Crippen molar-refractivity contribution < 1.29 is 0 Å². The molecular formula is C41H25N3S.